The van der Waals surface area contributed by atoms with E-state index in [2.05, 4.69) is 10.3 Å². The van der Waals surface area contributed by atoms with E-state index in [0.717, 1.165) is 5.56 Å². The quantitative estimate of drug-likeness (QED) is 0.877. The zero-order valence-corrected chi connectivity index (χ0v) is 11.9. The van der Waals surface area contributed by atoms with Crippen LogP contribution in [0.5, 0.6) is 0 Å². The molecule has 2 rings (SSSR count). The number of carbonyl (C=O) groups excluding carboxylic acids is 2. The molecule has 108 valence electrons. The lowest BCUT2D eigenvalue weighted by Gasteiger charge is -2.08. The lowest BCUT2D eigenvalue weighted by Crippen LogP contribution is -2.15. The molecule has 1 heterocycles. The second-order valence-corrected chi connectivity index (χ2v) is 4.42. The largest absolute Gasteiger partial charge is 0.462 e. The van der Waals surface area contributed by atoms with Crippen LogP contribution in [0.1, 0.15) is 33.2 Å². The molecule has 0 aliphatic heterocycles. The third kappa shape index (κ3) is 3.66. The van der Waals surface area contributed by atoms with Crippen molar-refractivity contribution in [3.8, 4) is 0 Å². The van der Waals surface area contributed by atoms with Gasteiger partial charge >= 0.3 is 5.97 Å². The molecule has 21 heavy (non-hydrogen) atoms. The van der Waals surface area contributed by atoms with E-state index in [-0.39, 0.29) is 5.91 Å². The molecule has 0 bridgehead atoms. The van der Waals surface area contributed by atoms with Crippen molar-refractivity contribution in [1.82, 2.24) is 4.98 Å². The SMILES string of the molecule is CCOC(=O)c1ccnc(NC(=O)c2ccccc2C)c1. The van der Waals surface area contributed by atoms with Crippen LogP contribution in [-0.4, -0.2) is 23.5 Å². The fraction of sp³-hybridized carbons (Fsp3) is 0.188. The van der Waals surface area contributed by atoms with Crippen LogP contribution in [0.25, 0.3) is 0 Å². The standard InChI is InChI=1S/C16H16N2O3/c1-3-21-16(20)12-8-9-17-14(10-12)18-15(19)13-7-5-4-6-11(13)2/h4-10H,3H2,1-2H3,(H,17,18,19). The number of esters is 1. The molecule has 0 aliphatic carbocycles. The summed E-state index contributed by atoms with van der Waals surface area (Å²) in [5.74, 6) is -0.387. The number of rotatable bonds is 4. The van der Waals surface area contributed by atoms with Gasteiger partial charge in [-0.1, -0.05) is 18.2 Å². The highest BCUT2D eigenvalue weighted by Crippen LogP contribution is 2.12. The number of hydrogen-bond donors (Lipinski definition) is 1. The number of pyridine rings is 1. The van der Waals surface area contributed by atoms with E-state index in [1.54, 1.807) is 25.1 Å². The number of aryl methyl sites for hydroxylation is 1. The van der Waals surface area contributed by atoms with Gasteiger partial charge in [-0.15, -0.1) is 0 Å². The maximum absolute atomic E-state index is 12.2. The van der Waals surface area contributed by atoms with Crippen molar-refractivity contribution in [2.45, 2.75) is 13.8 Å². The molecule has 0 fully saturated rings. The smallest absolute Gasteiger partial charge is 0.338 e. The lowest BCUT2D eigenvalue weighted by atomic mass is 10.1. The van der Waals surface area contributed by atoms with E-state index in [0.29, 0.717) is 23.6 Å². The average Bonchev–Trinajstić information content (AvgIpc) is 2.48. The molecule has 5 nitrogen and oxygen atoms in total. The van der Waals surface area contributed by atoms with E-state index < -0.39 is 5.97 Å². The molecular weight excluding hydrogens is 268 g/mol. The van der Waals surface area contributed by atoms with E-state index >= 15 is 0 Å². The predicted molar refractivity (Wildman–Crippen MR) is 79.3 cm³/mol. The maximum Gasteiger partial charge on any atom is 0.338 e. The van der Waals surface area contributed by atoms with Crippen molar-refractivity contribution in [3.05, 3.63) is 59.3 Å². The predicted octanol–water partition coefficient (Wildman–Crippen LogP) is 2.82. The fourth-order valence-electron chi connectivity index (χ4n) is 1.85. The van der Waals surface area contributed by atoms with Gasteiger partial charge in [0.25, 0.3) is 5.91 Å². The molecule has 0 saturated carbocycles. The van der Waals surface area contributed by atoms with E-state index in [1.807, 2.05) is 19.1 Å². The normalized spacial score (nSPS) is 10.0. The Morgan fingerprint density at radius 3 is 2.71 bits per heavy atom. The summed E-state index contributed by atoms with van der Waals surface area (Å²) in [4.78, 5) is 27.9. The van der Waals surface area contributed by atoms with Crippen LogP contribution in [0.2, 0.25) is 0 Å². The zero-order valence-electron chi connectivity index (χ0n) is 11.9. The van der Waals surface area contributed by atoms with Gasteiger partial charge in [-0.2, -0.15) is 0 Å². The van der Waals surface area contributed by atoms with Crippen LogP contribution >= 0.6 is 0 Å². The second-order valence-electron chi connectivity index (χ2n) is 4.42. The minimum absolute atomic E-state index is 0.262. The molecule has 0 atom stereocenters. The summed E-state index contributed by atoms with van der Waals surface area (Å²) in [7, 11) is 0. The van der Waals surface area contributed by atoms with Gasteiger partial charge in [-0.05, 0) is 37.6 Å². The molecule has 5 heteroatoms. The van der Waals surface area contributed by atoms with Gasteiger partial charge in [-0.25, -0.2) is 9.78 Å². The van der Waals surface area contributed by atoms with Gasteiger partial charge in [-0.3, -0.25) is 4.79 Å². The lowest BCUT2D eigenvalue weighted by molar-refractivity contribution is 0.0526. The summed E-state index contributed by atoms with van der Waals surface area (Å²) in [5.41, 5.74) is 1.80. The number of nitrogens with one attached hydrogen (secondary N) is 1. The highest BCUT2D eigenvalue weighted by molar-refractivity contribution is 6.05. The Bertz CT molecular complexity index is 668. The molecule has 0 spiro atoms. The summed E-state index contributed by atoms with van der Waals surface area (Å²) in [6.45, 7) is 3.89. The molecule has 2 aromatic rings. The first-order chi connectivity index (χ1) is 10.1. The highest BCUT2D eigenvalue weighted by Gasteiger charge is 2.11. The number of nitrogens with zero attached hydrogens (tertiary/aromatic N) is 1. The third-order valence-electron chi connectivity index (χ3n) is 2.90. The topological polar surface area (TPSA) is 68.3 Å². The average molecular weight is 284 g/mol. The van der Waals surface area contributed by atoms with Crippen LogP contribution < -0.4 is 5.32 Å². The van der Waals surface area contributed by atoms with Gasteiger partial charge in [0.2, 0.25) is 0 Å². The first kappa shape index (κ1) is 14.7. The summed E-state index contributed by atoms with van der Waals surface area (Å²) < 4.78 is 4.91. The van der Waals surface area contributed by atoms with E-state index in [1.165, 1.54) is 12.3 Å². The number of aromatic nitrogens is 1. The summed E-state index contributed by atoms with van der Waals surface area (Å²) in [5, 5.41) is 2.68. The minimum atomic E-state index is -0.439. The molecule has 1 aromatic heterocycles. The molecule has 1 N–H and O–H groups in total. The Hall–Kier alpha value is -2.69. The Morgan fingerprint density at radius 2 is 2.00 bits per heavy atom. The summed E-state index contributed by atoms with van der Waals surface area (Å²) in [6.07, 6.45) is 1.46. The number of amides is 1. The molecule has 0 radical (unpaired) electrons. The van der Waals surface area contributed by atoms with E-state index in [9.17, 15) is 9.59 Å². The molecule has 1 amide bonds. The monoisotopic (exact) mass is 284 g/mol. The Kier molecular flexibility index (Phi) is 4.66. The highest BCUT2D eigenvalue weighted by atomic mass is 16.5. The minimum Gasteiger partial charge on any atom is -0.462 e. The van der Waals surface area contributed by atoms with Gasteiger partial charge < -0.3 is 10.1 Å². The van der Waals surface area contributed by atoms with Crippen molar-refractivity contribution >= 4 is 17.7 Å². The van der Waals surface area contributed by atoms with Gasteiger partial charge in [0.05, 0.1) is 12.2 Å². The van der Waals surface area contributed by atoms with Gasteiger partial charge in [0.1, 0.15) is 5.82 Å². The number of benzene rings is 1. The molecule has 0 saturated heterocycles. The van der Waals surface area contributed by atoms with Crippen LogP contribution in [0.15, 0.2) is 42.6 Å². The number of anilines is 1. The van der Waals surface area contributed by atoms with Crippen LogP contribution in [0, 0.1) is 6.92 Å². The first-order valence-corrected chi connectivity index (χ1v) is 6.62. The van der Waals surface area contributed by atoms with Crippen molar-refractivity contribution < 1.29 is 14.3 Å². The van der Waals surface area contributed by atoms with Crippen molar-refractivity contribution in [1.29, 1.82) is 0 Å². The number of hydrogen-bond acceptors (Lipinski definition) is 4. The Morgan fingerprint density at radius 1 is 1.24 bits per heavy atom. The number of carbonyl (C=O) groups is 2. The van der Waals surface area contributed by atoms with Crippen molar-refractivity contribution in [2.24, 2.45) is 0 Å². The maximum atomic E-state index is 12.2. The van der Waals surface area contributed by atoms with Crippen LogP contribution in [0.4, 0.5) is 5.82 Å². The number of ether oxygens (including phenoxy) is 1. The zero-order chi connectivity index (χ0) is 15.2. The van der Waals surface area contributed by atoms with Crippen LogP contribution in [0.3, 0.4) is 0 Å². The molecule has 1 aromatic carbocycles. The second kappa shape index (κ2) is 6.65. The van der Waals surface area contributed by atoms with Crippen molar-refractivity contribution in [3.63, 3.8) is 0 Å². The Labute approximate surface area is 123 Å². The third-order valence-corrected chi connectivity index (χ3v) is 2.90. The summed E-state index contributed by atoms with van der Waals surface area (Å²) in [6, 6.07) is 10.3. The molecule has 0 aliphatic rings. The van der Waals surface area contributed by atoms with Crippen LogP contribution in [-0.2, 0) is 4.74 Å². The van der Waals surface area contributed by atoms with Gasteiger partial charge in [0, 0.05) is 11.8 Å². The van der Waals surface area contributed by atoms with Crippen molar-refractivity contribution in [2.75, 3.05) is 11.9 Å². The first-order valence-electron chi connectivity index (χ1n) is 6.62. The van der Waals surface area contributed by atoms with Gasteiger partial charge in [0.15, 0.2) is 0 Å². The fourth-order valence-corrected chi connectivity index (χ4v) is 1.85. The van der Waals surface area contributed by atoms with E-state index in [4.69, 9.17) is 4.74 Å². The molecular formula is C16H16N2O3. The summed E-state index contributed by atoms with van der Waals surface area (Å²) >= 11 is 0. The molecule has 0 unspecified atom stereocenters. The Balaban J connectivity index is 2.17.